The van der Waals surface area contributed by atoms with Crippen LogP contribution in [0, 0.1) is 0 Å². The maximum absolute atomic E-state index is 12.3. The van der Waals surface area contributed by atoms with Crippen molar-refractivity contribution < 1.29 is 13.7 Å². The third-order valence-electron chi connectivity index (χ3n) is 3.47. The highest BCUT2D eigenvalue weighted by molar-refractivity contribution is 5.92. The van der Waals surface area contributed by atoms with Crippen LogP contribution < -0.4 is 0 Å². The maximum Gasteiger partial charge on any atom is 0.276 e. The molecule has 1 aliphatic rings. The summed E-state index contributed by atoms with van der Waals surface area (Å²) in [6, 6.07) is 1.94. The van der Waals surface area contributed by atoms with Gasteiger partial charge >= 0.3 is 0 Å². The van der Waals surface area contributed by atoms with E-state index in [0.29, 0.717) is 30.3 Å². The van der Waals surface area contributed by atoms with Crippen LogP contribution >= 0.6 is 0 Å². The van der Waals surface area contributed by atoms with Gasteiger partial charge in [-0.3, -0.25) is 4.79 Å². The van der Waals surface area contributed by atoms with Gasteiger partial charge in [0.2, 0.25) is 0 Å². The van der Waals surface area contributed by atoms with E-state index in [1.54, 1.807) is 11.9 Å². The number of hydrogen-bond acceptors (Lipinski definition) is 5. The average Bonchev–Trinajstić information content (AvgIpc) is 3.02. The topological polar surface area (TPSA) is 72.4 Å². The van der Waals surface area contributed by atoms with Gasteiger partial charge in [-0.05, 0) is 12.8 Å². The third-order valence-corrected chi connectivity index (χ3v) is 3.47. The van der Waals surface area contributed by atoms with Crippen LogP contribution in [-0.2, 0) is 13.0 Å². The van der Waals surface area contributed by atoms with Crippen molar-refractivity contribution in [3.8, 4) is 0 Å². The van der Waals surface area contributed by atoms with Gasteiger partial charge in [0.25, 0.3) is 5.91 Å². The molecule has 0 aromatic carbocycles. The quantitative estimate of drug-likeness (QED) is 0.837. The Morgan fingerprint density at radius 1 is 1.50 bits per heavy atom. The van der Waals surface area contributed by atoms with E-state index >= 15 is 0 Å². The Hall–Kier alpha value is -2.11. The number of aryl methyl sites for hydroxylation is 1. The number of carbonyl (C=O) groups is 1. The molecule has 1 aliphatic carbocycles. The minimum atomic E-state index is -0.161. The average molecular weight is 275 g/mol. The number of hydrogen-bond donors (Lipinski definition) is 0. The van der Waals surface area contributed by atoms with Gasteiger partial charge in [-0.25, -0.2) is 4.98 Å². The molecule has 0 bridgehead atoms. The first kappa shape index (κ1) is 12.9. The molecule has 2 aromatic rings. The van der Waals surface area contributed by atoms with Crippen LogP contribution in [0.4, 0.5) is 0 Å². The highest BCUT2D eigenvalue weighted by atomic mass is 16.5. The number of nitrogens with zero attached hydrogens (tertiary/aromatic N) is 3. The van der Waals surface area contributed by atoms with Crippen molar-refractivity contribution in [2.75, 3.05) is 7.05 Å². The second-order valence-corrected chi connectivity index (χ2v) is 5.13. The van der Waals surface area contributed by atoms with Crippen molar-refractivity contribution in [2.45, 2.75) is 38.6 Å². The fourth-order valence-corrected chi connectivity index (χ4v) is 2.15. The van der Waals surface area contributed by atoms with E-state index in [9.17, 15) is 4.79 Å². The zero-order valence-electron chi connectivity index (χ0n) is 11.6. The van der Waals surface area contributed by atoms with Crippen molar-refractivity contribution >= 4 is 5.91 Å². The summed E-state index contributed by atoms with van der Waals surface area (Å²) in [6.45, 7) is 2.34. The zero-order valence-corrected chi connectivity index (χ0v) is 11.6. The molecule has 1 amide bonds. The number of amides is 1. The van der Waals surface area contributed by atoms with E-state index in [1.165, 1.54) is 19.2 Å². The predicted octanol–water partition coefficient (Wildman–Crippen LogP) is 2.37. The molecule has 106 valence electrons. The fourth-order valence-electron chi connectivity index (χ4n) is 2.15. The Morgan fingerprint density at radius 2 is 2.30 bits per heavy atom. The standard InChI is InChI=1S/C14H17N3O3/c1-3-11-13(15-8-19-11)14(18)17(2)7-10-6-12(20-16-10)9-4-5-9/h6,8-9H,3-5,7H2,1-2H3. The Labute approximate surface area is 116 Å². The van der Waals surface area contributed by atoms with Crippen molar-refractivity contribution in [2.24, 2.45) is 0 Å². The second-order valence-electron chi connectivity index (χ2n) is 5.13. The molecule has 0 spiro atoms. The Bertz CT molecular complexity index is 613. The number of carbonyl (C=O) groups excluding carboxylic acids is 1. The lowest BCUT2D eigenvalue weighted by atomic mass is 10.2. The molecule has 1 saturated carbocycles. The van der Waals surface area contributed by atoms with Crippen LogP contribution in [0.5, 0.6) is 0 Å². The summed E-state index contributed by atoms with van der Waals surface area (Å²) in [4.78, 5) is 17.9. The zero-order chi connectivity index (χ0) is 14.1. The second kappa shape index (κ2) is 5.11. The first-order chi connectivity index (χ1) is 9.69. The molecule has 6 nitrogen and oxygen atoms in total. The van der Waals surface area contributed by atoms with Crippen LogP contribution in [0.2, 0.25) is 0 Å². The van der Waals surface area contributed by atoms with Gasteiger partial charge < -0.3 is 13.8 Å². The highest BCUT2D eigenvalue weighted by Gasteiger charge is 2.28. The Morgan fingerprint density at radius 3 is 3.00 bits per heavy atom. The van der Waals surface area contributed by atoms with Crippen molar-refractivity contribution in [3.05, 3.63) is 35.4 Å². The minimum Gasteiger partial charge on any atom is -0.448 e. The van der Waals surface area contributed by atoms with E-state index < -0.39 is 0 Å². The Balaban J connectivity index is 1.68. The SMILES string of the molecule is CCc1ocnc1C(=O)N(C)Cc1cc(C2CC2)on1. The van der Waals surface area contributed by atoms with Crippen LogP contribution in [0.1, 0.15) is 53.4 Å². The molecule has 0 aliphatic heterocycles. The van der Waals surface area contributed by atoms with Gasteiger partial charge in [0.1, 0.15) is 17.2 Å². The lowest BCUT2D eigenvalue weighted by Gasteiger charge is -2.14. The van der Waals surface area contributed by atoms with Crippen molar-refractivity contribution in [1.29, 1.82) is 0 Å². The number of oxazole rings is 1. The number of rotatable bonds is 5. The molecule has 0 unspecified atom stereocenters. The van der Waals surface area contributed by atoms with Gasteiger partial charge in [-0.1, -0.05) is 12.1 Å². The van der Waals surface area contributed by atoms with E-state index in [1.807, 2.05) is 13.0 Å². The van der Waals surface area contributed by atoms with Crippen molar-refractivity contribution in [1.82, 2.24) is 15.0 Å². The summed E-state index contributed by atoms with van der Waals surface area (Å²) in [5.41, 5.74) is 1.14. The lowest BCUT2D eigenvalue weighted by molar-refractivity contribution is 0.0775. The summed E-state index contributed by atoms with van der Waals surface area (Å²) in [5.74, 6) is 1.91. The normalized spacial score (nSPS) is 14.5. The lowest BCUT2D eigenvalue weighted by Crippen LogP contribution is -2.27. The molecule has 0 atom stereocenters. The summed E-state index contributed by atoms with van der Waals surface area (Å²) >= 11 is 0. The van der Waals surface area contributed by atoms with Crippen LogP contribution in [0.3, 0.4) is 0 Å². The van der Waals surface area contributed by atoms with Gasteiger partial charge in [0, 0.05) is 25.5 Å². The molecule has 3 rings (SSSR count). The minimum absolute atomic E-state index is 0.161. The first-order valence-corrected chi connectivity index (χ1v) is 6.82. The third kappa shape index (κ3) is 2.45. The van der Waals surface area contributed by atoms with Gasteiger partial charge in [-0.2, -0.15) is 0 Å². The van der Waals surface area contributed by atoms with Crippen LogP contribution in [0.15, 0.2) is 21.4 Å². The fraction of sp³-hybridized carbons (Fsp3) is 0.500. The molecule has 2 heterocycles. The van der Waals surface area contributed by atoms with Gasteiger partial charge in [0.15, 0.2) is 12.1 Å². The molecule has 0 N–H and O–H groups in total. The molecule has 2 aromatic heterocycles. The molecular formula is C14H17N3O3. The summed E-state index contributed by atoms with van der Waals surface area (Å²) in [6.07, 6.45) is 4.29. The van der Waals surface area contributed by atoms with Crippen molar-refractivity contribution in [3.63, 3.8) is 0 Å². The van der Waals surface area contributed by atoms with E-state index in [2.05, 4.69) is 10.1 Å². The molecule has 20 heavy (non-hydrogen) atoms. The largest absolute Gasteiger partial charge is 0.448 e. The summed E-state index contributed by atoms with van der Waals surface area (Å²) in [7, 11) is 1.72. The molecule has 0 radical (unpaired) electrons. The van der Waals surface area contributed by atoms with E-state index in [4.69, 9.17) is 8.94 Å². The van der Waals surface area contributed by atoms with Gasteiger partial charge in [0.05, 0.1) is 6.54 Å². The monoisotopic (exact) mass is 275 g/mol. The van der Waals surface area contributed by atoms with Gasteiger partial charge in [-0.15, -0.1) is 0 Å². The maximum atomic E-state index is 12.3. The highest BCUT2D eigenvalue weighted by Crippen LogP contribution is 2.40. The molecule has 1 fully saturated rings. The Kier molecular flexibility index (Phi) is 3.30. The smallest absolute Gasteiger partial charge is 0.276 e. The van der Waals surface area contributed by atoms with Crippen LogP contribution in [-0.4, -0.2) is 28.0 Å². The molecular weight excluding hydrogens is 258 g/mol. The van der Waals surface area contributed by atoms with Crippen LogP contribution in [0.25, 0.3) is 0 Å². The summed E-state index contributed by atoms with van der Waals surface area (Å²) < 4.78 is 10.5. The van der Waals surface area contributed by atoms with E-state index in [0.717, 1.165) is 11.5 Å². The van der Waals surface area contributed by atoms with E-state index in [-0.39, 0.29) is 5.91 Å². The first-order valence-electron chi connectivity index (χ1n) is 6.82. The molecule has 0 saturated heterocycles. The predicted molar refractivity (Wildman–Crippen MR) is 70.2 cm³/mol. The molecule has 6 heteroatoms. The summed E-state index contributed by atoms with van der Waals surface area (Å²) in [5, 5.41) is 4.01. The number of aromatic nitrogens is 2.